The summed E-state index contributed by atoms with van der Waals surface area (Å²) in [6.45, 7) is 20.3. The maximum Gasteiger partial charge on any atom is 0.500 e. The predicted octanol–water partition coefficient (Wildman–Crippen LogP) is 9.52. The molecule has 0 unspecified atom stereocenters. The lowest BCUT2D eigenvalue weighted by atomic mass is 10.2. The topological polar surface area (TPSA) is 55.4 Å². The highest BCUT2D eigenvalue weighted by Gasteiger charge is 2.40. The Morgan fingerprint density at radius 2 is 0.703 bits per heavy atom. The van der Waals surface area contributed by atoms with Crippen LogP contribution in [0, 0.1) is 0 Å². The molecule has 0 N–H and O–H groups in total. The summed E-state index contributed by atoms with van der Waals surface area (Å²) in [5, 5.41) is 0. The summed E-state index contributed by atoms with van der Waals surface area (Å²) >= 11 is 0. The minimum atomic E-state index is -2.49. The van der Waals surface area contributed by atoms with Crippen molar-refractivity contribution in [3.8, 4) is 0 Å². The summed E-state index contributed by atoms with van der Waals surface area (Å²) in [5.74, 6) is 2.13. The van der Waals surface area contributed by atoms with Gasteiger partial charge in [-0.05, 0) is 74.0 Å². The second-order valence-electron chi connectivity index (χ2n) is 8.01. The maximum absolute atomic E-state index is 5.90. The molecule has 0 saturated carbocycles. The quantitative estimate of drug-likeness (QED) is 0.0494. The predicted molar refractivity (Wildman–Crippen MR) is 175 cm³/mol. The zero-order chi connectivity index (χ0) is 28.1. The van der Waals surface area contributed by atoms with Gasteiger partial charge in [0.1, 0.15) is 0 Å². The highest BCUT2D eigenvalue weighted by Crippen LogP contribution is 2.44. The van der Waals surface area contributed by atoms with Crippen LogP contribution in [0.2, 0.25) is 12.1 Å². The Balaban J connectivity index is 0. The van der Waals surface area contributed by atoms with Gasteiger partial charge < -0.3 is 26.6 Å². The van der Waals surface area contributed by atoms with Gasteiger partial charge in [-0.3, -0.25) is 0 Å². The first-order valence-electron chi connectivity index (χ1n) is 14.4. The molecule has 0 fully saturated rings. The highest BCUT2D eigenvalue weighted by molar-refractivity contribution is 9.26. The molecule has 0 spiro atoms. The summed E-state index contributed by atoms with van der Waals surface area (Å²) in [6, 6.07) is 1.76. The lowest BCUT2D eigenvalue weighted by molar-refractivity contribution is 0.0704. The van der Waals surface area contributed by atoms with Crippen LogP contribution in [-0.2, 0) is 26.6 Å². The Kier molecular flexibility index (Phi) is 33.6. The minimum Gasteiger partial charge on any atom is -0.374 e. The number of hydrogen-bond donors (Lipinski definition) is 0. The van der Waals surface area contributed by atoms with E-state index < -0.39 is 17.6 Å². The van der Waals surface area contributed by atoms with E-state index in [1.165, 1.54) is 32.1 Å². The third-order valence-electron chi connectivity index (χ3n) is 4.94. The molecule has 0 amide bonds. The Bertz CT molecular complexity index is 387. The molecule has 0 aliphatic rings. The molecule has 0 rings (SSSR count). The Morgan fingerprint density at radius 1 is 0.405 bits per heavy atom. The van der Waals surface area contributed by atoms with Crippen LogP contribution in [0.5, 0.6) is 0 Å². The van der Waals surface area contributed by atoms with Crippen molar-refractivity contribution in [2.75, 3.05) is 51.1 Å². The van der Waals surface area contributed by atoms with E-state index in [2.05, 4.69) is 13.8 Å². The van der Waals surface area contributed by atoms with Gasteiger partial charge in [0.05, 0.1) is 0 Å². The van der Waals surface area contributed by atoms with Gasteiger partial charge in [-0.1, -0.05) is 67.5 Å². The molecule has 0 aromatic heterocycles. The second-order valence-corrected chi connectivity index (χ2v) is 19.7. The number of rotatable bonds is 27. The van der Waals surface area contributed by atoms with E-state index in [1.54, 1.807) is 0 Å². The van der Waals surface area contributed by atoms with Gasteiger partial charge in [0.25, 0.3) is 0 Å². The fourth-order valence-electron chi connectivity index (χ4n) is 3.48. The van der Waals surface area contributed by atoms with Crippen LogP contribution in [0.15, 0.2) is 0 Å². The molecule has 0 aromatic carbocycles. The lowest BCUT2D eigenvalue weighted by Gasteiger charge is -2.28. The lowest BCUT2D eigenvalue weighted by Crippen LogP contribution is -2.46. The molecule has 6 nitrogen and oxygen atoms in total. The van der Waals surface area contributed by atoms with Crippen LogP contribution in [0.3, 0.4) is 0 Å². The van der Waals surface area contributed by atoms with Crippen LogP contribution >= 0.6 is 41.2 Å². The van der Waals surface area contributed by atoms with Crippen LogP contribution in [0.25, 0.3) is 0 Å². The zero-order valence-electron chi connectivity index (χ0n) is 25.1. The molecule has 0 aliphatic carbocycles. The number of unbranched alkanes of at least 4 members (excludes halogenated alkanes) is 4. The van der Waals surface area contributed by atoms with Crippen molar-refractivity contribution in [1.82, 2.24) is 0 Å². The summed E-state index contributed by atoms with van der Waals surface area (Å²) in [5.41, 5.74) is 0. The largest absolute Gasteiger partial charge is 0.500 e. The highest BCUT2D eigenvalue weighted by atomic mass is 33.7. The fourth-order valence-corrected chi connectivity index (χ4v) is 15.4. The molecule has 226 valence electrons. The van der Waals surface area contributed by atoms with Gasteiger partial charge in [0.2, 0.25) is 0 Å². The molecular weight excluding hydrogens is 581 g/mol. The van der Waals surface area contributed by atoms with Crippen molar-refractivity contribution in [2.24, 2.45) is 0 Å². The molecule has 12 heteroatoms. The summed E-state index contributed by atoms with van der Waals surface area (Å²) in [7, 11) is 2.48. The molecule has 0 saturated heterocycles. The molecule has 0 aromatic rings. The first-order chi connectivity index (χ1) is 18.0. The first kappa shape index (κ1) is 40.7. The fraction of sp³-hybridized carbons (Fsp3) is 1.00. The van der Waals surface area contributed by atoms with Crippen molar-refractivity contribution in [2.45, 2.75) is 112 Å². The van der Waals surface area contributed by atoms with Crippen molar-refractivity contribution >= 4 is 58.8 Å². The Labute approximate surface area is 247 Å². The van der Waals surface area contributed by atoms with Gasteiger partial charge >= 0.3 is 17.6 Å². The van der Waals surface area contributed by atoms with Crippen molar-refractivity contribution < 1.29 is 26.6 Å². The zero-order valence-corrected chi connectivity index (χ0v) is 30.4. The van der Waals surface area contributed by atoms with Crippen LogP contribution in [0.4, 0.5) is 0 Å². The van der Waals surface area contributed by atoms with E-state index in [4.69, 9.17) is 26.6 Å². The van der Waals surface area contributed by atoms with Crippen molar-refractivity contribution in [1.29, 1.82) is 0 Å². The first-order valence-corrected chi connectivity index (χ1v) is 23.4. The minimum absolute atomic E-state index is 0.640. The van der Waals surface area contributed by atoms with Gasteiger partial charge in [-0.25, -0.2) is 0 Å². The van der Waals surface area contributed by atoms with Gasteiger partial charge in [-0.2, -0.15) is 0 Å². The Morgan fingerprint density at radius 3 is 0.946 bits per heavy atom. The standard InChI is InChI=1S/C18H42O6S4Si2.C7H16/c1-7-19-29(20-8-2,21-9-3)17-13-15-25-27-28-26-16-14-18-30(22-10-4,23-11-5)24-12-6;1-3-5-7-6-4-2/h7-18H2,1-6H3;3-7H2,1-2H3. The summed E-state index contributed by atoms with van der Waals surface area (Å²) < 4.78 is 35.4. The van der Waals surface area contributed by atoms with E-state index in [1.807, 2.05) is 82.8 Å². The summed E-state index contributed by atoms with van der Waals surface area (Å²) in [4.78, 5) is 0. The molecule has 0 radical (unpaired) electrons. The molecule has 0 atom stereocenters. The van der Waals surface area contributed by atoms with Crippen LogP contribution in [-0.4, -0.2) is 68.8 Å². The SMILES string of the molecule is CCCCCCC.CCO[Si](CCCSSSSCCC[Si](OCC)(OCC)OCC)(OCC)OCC. The number of hydrogen-bond acceptors (Lipinski definition) is 10. The third-order valence-corrected chi connectivity index (χ3v) is 17.9. The molecule has 0 heterocycles. The van der Waals surface area contributed by atoms with E-state index in [9.17, 15) is 0 Å². The van der Waals surface area contributed by atoms with E-state index >= 15 is 0 Å². The molecule has 0 bridgehead atoms. The van der Waals surface area contributed by atoms with Crippen LogP contribution in [0.1, 0.15) is 100 Å². The smallest absolute Gasteiger partial charge is 0.374 e. The van der Waals surface area contributed by atoms with Gasteiger partial charge in [-0.15, -0.1) is 0 Å². The van der Waals surface area contributed by atoms with Gasteiger partial charge in [0, 0.05) is 63.2 Å². The average molecular weight is 639 g/mol. The second kappa shape index (κ2) is 30.6. The summed E-state index contributed by atoms with van der Waals surface area (Å²) in [6.07, 6.45) is 9.09. The molecule has 0 aliphatic heterocycles. The van der Waals surface area contributed by atoms with Gasteiger partial charge in [0.15, 0.2) is 0 Å². The molecular formula is C25H58O6S4Si2. The van der Waals surface area contributed by atoms with E-state index in [-0.39, 0.29) is 0 Å². The normalized spacial score (nSPS) is 12.0. The molecule has 37 heavy (non-hydrogen) atoms. The Hall–Kier alpha value is 1.59. The maximum atomic E-state index is 5.90. The monoisotopic (exact) mass is 638 g/mol. The van der Waals surface area contributed by atoms with Crippen molar-refractivity contribution in [3.63, 3.8) is 0 Å². The van der Waals surface area contributed by atoms with E-state index in [0.717, 1.165) is 36.4 Å². The van der Waals surface area contributed by atoms with Crippen LogP contribution < -0.4 is 0 Å². The van der Waals surface area contributed by atoms with Crippen molar-refractivity contribution in [3.05, 3.63) is 0 Å². The van der Waals surface area contributed by atoms with E-state index in [0.29, 0.717) is 39.6 Å². The third kappa shape index (κ3) is 24.0. The average Bonchev–Trinajstić information content (AvgIpc) is 2.87.